The molecule has 2 aliphatic heterocycles. The summed E-state index contributed by atoms with van der Waals surface area (Å²) in [6.45, 7) is 0.610. The second kappa shape index (κ2) is 13.0. The van der Waals surface area contributed by atoms with Gasteiger partial charge in [-0.3, -0.25) is 14.3 Å². The number of hydrogen-bond donors (Lipinski definition) is 2. The van der Waals surface area contributed by atoms with Crippen molar-refractivity contribution in [3.63, 3.8) is 0 Å². The van der Waals surface area contributed by atoms with Gasteiger partial charge in [0.2, 0.25) is 21.8 Å². The van der Waals surface area contributed by atoms with Crippen LogP contribution < -0.4 is 19.5 Å². The summed E-state index contributed by atoms with van der Waals surface area (Å²) in [6, 6.07) is 13.6. The molecule has 1 aromatic heterocycles. The van der Waals surface area contributed by atoms with E-state index in [4.69, 9.17) is 19.4 Å². The van der Waals surface area contributed by atoms with Gasteiger partial charge in [0.15, 0.2) is 5.82 Å². The third-order valence-electron chi connectivity index (χ3n) is 9.76. The molecule has 3 aromatic rings. The van der Waals surface area contributed by atoms with Crippen molar-refractivity contribution in [2.75, 3.05) is 27.2 Å². The molecule has 2 saturated carbocycles. The number of ether oxygens (including phenoxy) is 2. The average molecular weight is 689 g/mol. The lowest BCUT2D eigenvalue weighted by molar-refractivity contribution is -0.131. The monoisotopic (exact) mass is 688 g/mol. The van der Waals surface area contributed by atoms with Crippen molar-refractivity contribution in [1.29, 1.82) is 0 Å². The zero-order chi connectivity index (χ0) is 34.3. The van der Waals surface area contributed by atoms with Crippen molar-refractivity contribution in [2.24, 2.45) is 5.92 Å². The smallest absolute Gasteiger partial charge is 0.320 e. The number of amides is 4. The highest BCUT2D eigenvalue weighted by molar-refractivity contribution is 7.91. The number of hydrogen-bond acceptors (Lipinski definition) is 9. The Morgan fingerprint density at radius 3 is 2.63 bits per heavy atom. The van der Waals surface area contributed by atoms with Gasteiger partial charge in [0.25, 0.3) is 5.91 Å². The molecule has 0 spiro atoms. The molecule has 4 atom stereocenters. The molecular formula is C35H40N6O7S. The first-order chi connectivity index (χ1) is 23.6. The number of carbonyl (C=O) groups excluding carboxylic acids is 3. The SMILES string of the molecule is COc1ccc2c(O[C@@H]3C[C@H]4C(=O)N[C@]5(C(=O)NS(=O)(=O)C6CC6)C[C@H]5C=CCCCCN(C)C(=O)N4C3)nc(-c3ccccc3)nc2c1. The van der Waals surface area contributed by atoms with Gasteiger partial charge in [-0.25, -0.2) is 18.2 Å². The van der Waals surface area contributed by atoms with Crippen LogP contribution in [0.4, 0.5) is 4.79 Å². The molecule has 49 heavy (non-hydrogen) atoms. The van der Waals surface area contributed by atoms with E-state index < -0.39 is 44.8 Å². The minimum atomic E-state index is -3.83. The highest BCUT2D eigenvalue weighted by Crippen LogP contribution is 2.46. The van der Waals surface area contributed by atoms with Gasteiger partial charge in [0.05, 0.1) is 29.8 Å². The Kier molecular flexibility index (Phi) is 8.67. The summed E-state index contributed by atoms with van der Waals surface area (Å²) in [5.41, 5.74) is -0.0291. The maximum Gasteiger partial charge on any atom is 0.320 e. The minimum absolute atomic E-state index is 0.0994. The lowest BCUT2D eigenvalue weighted by atomic mass is 10.1. The Hall–Kier alpha value is -4.72. The van der Waals surface area contributed by atoms with Crippen LogP contribution in [0.3, 0.4) is 0 Å². The molecule has 3 heterocycles. The lowest BCUT2D eigenvalue weighted by Gasteiger charge is -2.30. The van der Waals surface area contributed by atoms with Gasteiger partial charge >= 0.3 is 6.03 Å². The van der Waals surface area contributed by atoms with Crippen LogP contribution in [-0.4, -0.2) is 96.2 Å². The van der Waals surface area contributed by atoms with Gasteiger partial charge in [0, 0.05) is 37.6 Å². The molecule has 258 valence electrons. The molecule has 13 nitrogen and oxygen atoms in total. The normalized spacial score (nSPS) is 26.0. The van der Waals surface area contributed by atoms with Gasteiger partial charge in [0.1, 0.15) is 23.4 Å². The van der Waals surface area contributed by atoms with Gasteiger partial charge in [-0.2, -0.15) is 4.98 Å². The summed E-state index contributed by atoms with van der Waals surface area (Å²) in [6.07, 6.45) is 6.95. The molecule has 0 radical (unpaired) electrons. The number of aromatic nitrogens is 2. The number of rotatable bonds is 7. The highest BCUT2D eigenvalue weighted by Gasteiger charge is 2.62. The van der Waals surface area contributed by atoms with Crippen molar-refractivity contribution in [3.05, 3.63) is 60.7 Å². The van der Waals surface area contributed by atoms with Crippen LogP contribution in [0, 0.1) is 5.92 Å². The second-order valence-corrected chi connectivity index (χ2v) is 15.3. The summed E-state index contributed by atoms with van der Waals surface area (Å²) in [4.78, 5) is 54.1. The molecule has 0 unspecified atom stereocenters. The van der Waals surface area contributed by atoms with E-state index in [0.717, 1.165) is 24.8 Å². The molecule has 14 heteroatoms. The van der Waals surface area contributed by atoms with Crippen LogP contribution in [0.2, 0.25) is 0 Å². The van der Waals surface area contributed by atoms with Crippen LogP contribution in [0.15, 0.2) is 60.7 Å². The Bertz CT molecular complexity index is 1920. The van der Waals surface area contributed by atoms with E-state index in [9.17, 15) is 22.8 Å². The number of carbonyl (C=O) groups is 3. The number of nitrogens with one attached hydrogen (secondary N) is 2. The number of fused-ring (bicyclic) bond motifs is 3. The molecule has 0 bridgehead atoms. The van der Waals surface area contributed by atoms with Crippen molar-refractivity contribution >= 4 is 38.8 Å². The van der Waals surface area contributed by atoms with E-state index in [-0.39, 0.29) is 31.3 Å². The van der Waals surface area contributed by atoms with Crippen molar-refractivity contribution in [2.45, 2.75) is 67.9 Å². The van der Waals surface area contributed by atoms with E-state index in [2.05, 4.69) is 10.0 Å². The Labute approximate surface area is 285 Å². The largest absolute Gasteiger partial charge is 0.497 e. The molecule has 2 N–H and O–H groups in total. The topological polar surface area (TPSA) is 160 Å². The van der Waals surface area contributed by atoms with Crippen LogP contribution in [0.5, 0.6) is 11.6 Å². The Balaban J connectivity index is 1.19. The first-order valence-corrected chi connectivity index (χ1v) is 18.3. The van der Waals surface area contributed by atoms with Crippen molar-refractivity contribution < 1.29 is 32.3 Å². The first-order valence-electron chi connectivity index (χ1n) is 16.7. The van der Waals surface area contributed by atoms with Crippen molar-refractivity contribution in [1.82, 2.24) is 29.8 Å². The van der Waals surface area contributed by atoms with E-state index in [1.807, 2.05) is 48.6 Å². The quantitative estimate of drug-likeness (QED) is 0.355. The summed E-state index contributed by atoms with van der Waals surface area (Å²) >= 11 is 0. The maximum absolute atomic E-state index is 14.1. The zero-order valence-corrected chi connectivity index (χ0v) is 28.3. The third-order valence-corrected chi connectivity index (χ3v) is 11.6. The van der Waals surface area contributed by atoms with Gasteiger partial charge in [-0.1, -0.05) is 42.5 Å². The molecule has 3 fully saturated rings. The zero-order valence-electron chi connectivity index (χ0n) is 27.5. The molecule has 1 saturated heterocycles. The number of urea groups is 1. The second-order valence-electron chi connectivity index (χ2n) is 13.3. The standard InChI is InChI=1S/C35H40N6O7S/c1-40-17-9-4-3-8-12-23-20-35(23,33(43)39-49(45,46)26-14-15-26)38-31(42)29-19-25(21-41(29)34(40)44)48-32-27-16-13-24(47-2)18-28(27)36-30(37-32)22-10-6-5-7-11-22/h5-8,10-13,16,18,23,25-26,29H,3-4,9,14-15,17,19-21H2,1-2H3,(H,38,42)(H,39,43)/t23-,25-,29+,35-/m1/s1. The summed E-state index contributed by atoms with van der Waals surface area (Å²) < 4.78 is 39.6. The van der Waals surface area contributed by atoms with Gasteiger partial charge in [-0.15, -0.1) is 0 Å². The number of benzene rings is 2. The number of nitrogens with zero attached hydrogens (tertiary/aromatic N) is 4. The van der Waals surface area contributed by atoms with Crippen LogP contribution in [-0.2, 0) is 19.6 Å². The molecular weight excluding hydrogens is 648 g/mol. The van der Waals surface area contributed by atoms with Crippen molar-refractivity contribution in [3.8, 4) is 23.0 Å². The number of methoxy groups -OCH3 is 1. The predicted molar refractivity (Wildman–Crippen MR) is 181 cm³/mol. The lowest BCUT2D eigenvalue weighted by Crippen LogP contribution is -2.57. The van der Waals surface area contributed by atoms with E-state index >= 15 is 0 Å². The minimum Gasteiger partial charge on any atom is -0.497 e. The van der Waals surface area contributed by atoms with E-state index in [1.165, 1.54) is 4.90 Å². The highest BCUT2D eigenvalue weighted by atomic mass is 32.2. The maximum atomic E-state index is 14.1. The number of sulfonamides is 1. The van der Waals surface area contributed by atoms with Crippen LogP contribution >= 0.6 is 0 Å². The summed E-state index contributed by atoms with van der Waals surface area (Å²) in [5, 5.41) is 2.94. The first kappa shape index (κ1) is 32.8. The average Bonchev–Trinajstić information content (AvgIpc) is 4.02. The Morgan fingerprint density at radius 2 is 1.88 bits per heavy atom. The Morgan fingerprint density at radius 1 is 1.08 bits per heavy atom. The molecule has 2 aliphatic carbocycles. The van der Waals surface area contributed by atoms with Crippen LogP contribution in [0.1, 0.15) is 44.9 Å². The fraction of sp³-hybridized carbons (Fsp3) is 0.457. The fourth-order valence-corrected chi connectivity index (χ4v) is 8.03. The van der Waals surface area contributed by atoms with E-state index in [1.54, 1.807) is 31.2 Å². The third kappa shape index (κ3) is 6.65. The fourth-order valence-electron chi connectivity index (χ4n) is 6.67. The molecule has 7 rings (SSSR count). The van der Waals surface area contributed by atoms with Gasteiger partial charge < -0.3 is 24.6 Å². The van der Waals surface area contributed by atoms with Crippen LogP contribution in [0.25, 0.3) is 22.3 Å². The van der Waals surface area contributed by atoms with Gasteiger partial charge in [-0.05, 0) is 50.7 Å². The number of allylic oxidation sites excluding steroid dienone is 1. The summed E-state index contributed by atoms with van der Waals surface area (Å²) in [7, 11) is -0.549. The summed E-state index contributed by atoms with van der Waals surface area (Å²) in [5.74, 6) is -0.279. The molecule has 2 aromatic carbocycles. The predicted octanol–water partition coefficient (Wildman–Crippen LogP) is 3.40. The van der Waals surface area contributed by atoms with E-state index in [0.29, 0.717) is 47.7 Å². The molecule has 4 amide bonds. The molecule has 4 aliphatic rings.